The van der Waals surface area contributed by atoms with Crippen LogP contribution in [0.3, 0.4) is 0 Å². The lowest BCUT2D eigenvalue weighted by Crippen LogP contribution is -2.45. The third-order valence-electron chi connectivity index (χ3n) is 14.4. The van der Waals surface area contributed by atoms with Gasteiger partial charge in [0.25, 0.3) is 7.82 Å². The molecule has 0 aliphatic heterocycles. The molecule has 0 saturated carbocycles. The number of hydrogen-bond acceptors (Lipinski definition) is 6. The Balaban J connectivity index is 4.17. The minimum Gasteiger partial charge on any atom is -0.756 e. The number of phosphoric ester groups is 1. The molecule has 0 spiro atoms. The number of nitrogens with one attached hydrogen (secondary N) is 1. The van der Waals surface area contributed by atoms with Gasteiger partial charge in [-0.2, -0.15) is 0 Å². The molecule has 0 rings (SSSR count). The van der Waals surface area contributed by atoms with Gasteiger partial charge in [0.2, 0.25) is 5.91 Å². The fourth-order valence-corrected chi connectivity index (χ4v) is 9.88. The number of amides is 1. The molecule has 0 aromatic carbocycles. The van der Waals surface area contributed by atoms with E-state index in [4.69, 9.17) is 9.05 Å². The van der Waals surface area contributed by atoms with Gasteiger partial charge in [-0.05, 0) is 122 Å². The number of likely N-dealkylation sites (N-methyl/N-ethyl adjacent to an activating group) is 1. The second kappa shape index (κ2) is 64.6. The van der Waals surface area contributed by atoms with E-state index in [0.717, 1.165) is 122 Å². The number of unbranched alkanes of at least 4 members (excludes halogenated alkanes) is 24. The Morgan fingerprint density at radius 2 is 0.729 bits per heavy atom. The molecule has 0 aliphatic carbocycles. The summed E-state index contributed by atoms with van der Waals surface area (Å²) in [6, 6.07) is -0.924. The van der Waals surface area contributed by atoms with E-state index in [1.165, 1.54) is 122 Å². The Labute approximate surface area is 524 Å². The van der Waals surface area contributed by atoms with Crippen LogP contribution in [0.15, 0.2) is 158 Å². The third-order valence-corrected chi connectivity index (χ3v) is 15.4. The maximum atomic E-state index is 13.0. The molecule has 0 aliphatic rings. The summed E-state index contributed by atoms with van der Waals surface area (Å²) < 4.78 is 23.4. The zero-order valence-corrected chi connectivity index (χ0v) is 56.1. The predicted octanol–water partition coefficient (Wildman–Crippen LogP) is 21.5. The first-order valence-electron chi connectivity index (χ1n) is 34.3. The molecule has 8 nitrogen and oxygen atoms in total. The van der Waals surface area contributed by atoms with Crippen molar-refractivity contribution in [2.24, 2.45) is 0 Å². The number of allylic oxidation sites excluding steroid dienone is 25. The van der Waals surface area contributed by atoms with Gasteiger partial charge < -0.3 is 28.8 Å². The summed E-state index contributed by atoms with van der Waals surface area (Å²) in [5.41, 5.74) is 0. The molecule has 9 heteroatoms. The second-order valence-electron chi connectivity index (χ2n) is 23.8. The Bertz CT molecular complexity index is 1940. The van der Waals surface area contributed by atoms with Gasteiger partial charge in [-0.15, -0.1) is 0 Å². The fourth-order valence-electron chi connectivity index (χ4n) is 9.15. The molecule has 0 fully saturated rings. The van der Waals surface area contributed by atoms with E-state index in [2.05, 4.69) is 165 Å². The van der Waals surface area contributed by atoms with Crippen molar-refractivity contribution in [3.05, 3.63) is 158 Å². The number of phosphoric acid groups is 1. The van der Waals surface area contributed by atoms with E-state index >= 15 is 0 Å². The van der Waals surface area contributed by atoms with E-state index in [1.807, 2.05) is 27.2 Å². The van der Waals surface area contributed by atoms with Crippen molar-refractivity contribution in [2.45, 2.75) is 276 Å². The average molecular weight is 1200 g/mol. The van der Waals surface area contributed by atoms with Gasteiger partial charge in [0.15, 0.2) is 0 Å². The molecule has 3 atom stereocenters. The first-order chi connectivity index (χ1) is 41.5. The molecule has 0 heterocycles. The highest BCUT2D eigenvalue weighted by Gasteiger charge is 2.23. The molecule has 2 N–H and O–H groups in total. The van der Waals surface area contributed by atoms with Crippen molar-refractivity contribution in [1.29, 1.82) is 0 Å². The fraction of sp³-hybridized carbons (Fsp3) is 0.645. The van der Waals surface area contributed by atoms with Crippen molar-refractivity contribution in [2.75, 3.05) is 40.9 Å². The van der Waals surface area contributed by atoms with Gasteiger partial charge in [0, 0.05) is 6.42 Å². The van der Waals surface area contributed by atoms with Crippen molar-refractivity contribution in [1.82, 2.24) is 5.32 Å². The summed E-state index contributed by atoms with van der Waals surface area (Å²) in [7, 11) is 1.22. The van der Waals surface area contributed by atoms with Crippen LogP contribution in [0.1, 0.15) is 264 Å². The van der Waals surface area contributed by atoms with Crippen LogP contribution in [-0.2, 0) is 18.4 Å². The molecule has 484 valence electrons. The number of rotatable bonds is 61. The SMILES string of the molecule is CC/C=C\C/C=C\C/C=C\C/C=C\C/C=C\C/C=C\C/C=C\C/C=C\C/C=C\C/C=C\CCCCCCCCCCCCC(=O)NC(COP(=O)([O-])OCC[N+](C)(C)C)C(O)/C=C/CC/C=C/CC/C=C/CCCCCCCCCCCCCC. The van der Waals surface area contributed by atoms with Crippen LogP contribution in [0.25, 0.3) is 0 Å². The van der Waals surface area contributed by atoms with Crippen molar-refractivity contribution in [3.8, 4) is 0 Å². The van der Waals surface area contributed by atoms with Gasteiger partial charge >= 0.3 is 0 Å². The topological polar surface area (TPSA) is 108 Å². The molecular formula is C76H129N2O6P. The van der Waals surface area contributed by atoms with Gasteiger partial charge in [0.1, 0.15) is 13.2 Å². The van der Waals surface area contributed by atoms with Crippen LogP contribution in [0, 0.1) is 0 Å². The lowest BCUT2D eigenvalue weighted by molar-refractivity contribution is -0.870. The van der Waals surface area contributed by atoms with Gasteiger partial charge in [-0.25, -0.2) is 0 Å². The summed E-state index contributed by atoms with van der Waals surface area (Å²) in [6.07, 6.45) is 101. The van der Waals surface area contributed by atoms with E-state index < -0.39 is 26.6 Å². The molecule has 3 unspecified atom stereocenters. The number of aliphatic hydroxyl groups is 1. The van der Waals surface area contributed by atoms with Crippen LogP contribution >= 0.6 is 7.82 Å². The summed E-state index contributed by atoms with van der Waals surface area (Å²) in [4.78, 5) is 25.6. The third kappa shape index (κ3) is 67.5. The predicted molar refractivity (Wildman–Crippen MR) is 371 cm³/mol. The maximum absolute atomic E-state index is 13.0. The average Bonchev–Trinajstić information content (AvgIpc) is 3.48. The molecule has 85 heavy (non-hydrogen) atoms. The minimum atomic E-state index is -4.63. The summed E-state index contributed by atoms with van der Waals surface area (Å²) in [5.74, 6) is -0.221. The standard InChI is InChI=1S/C76H129N2O6P/c1-6-8-10-12-14-16-18-20-22-24-26-28-30-31-32-33-34-35-36-37-38-39-40-41-42-43-44-45-46-47-48-50-52-54-56-58-60-62-64-66-68-70-76(80)77-74(73-84-85(81,82)83-72-71-78(3,4)5)75(79)69-67-65-63-61-59-57-55-53-51-49-29-27-25-23-21-19-17-15-13-11-9-7-2/h8,10,14,16,20,22,26,28,31-32,34-35,37-38,40-41,43-44,46-47,51,53,59,61,67,69,74-75,79H,6-7,9,11-13,15,17-19,21,23-25,27,29-30,33,36,39,42,45,48-50,52,54-58,60,62-66,68,70-73H2,1-5H3,(H-,77,80,81,82)/b10-8-,16-14-,22-20-,28-26-,32-31-,35-34-,38-37-,41-40-,44-43-,47-46-,53-51+,61-59+,69-67+. The van der Waals surface area contributed by atoms with Crippen molar-refractivity contribution < 1.29 is 32.9 Å². The smallest absolute Gasteiger partial charge is 0.268 e. The maximum Gasteiger partial charge on any atom is 0.268 e. The number of quaternary nitrogens is 1. The number of carbonyl (C=O) groups is 1. The normalized spacial score (nSPS) is 14.7. The highest BCUT2D eigenvalue weighted by atomic mass is 31.2. The zero-order valence-electron chi connectivity index (χ0n) is 55.2. The zero-order chi connectivity index (χ0) is 61.9. The molecule has 0 aromatic rings. The largest absolute Gasteiger partial charge is 0.756 e. The van der Waals surface area contributed by atoms with Gasteiger partial charge in [-0.3, -0.25) is 9.36 Å². The first kappa shape index (κ1) is 81.1. The molecular weight excluding hydrogens is 1070 g/mol. The number of carbonyl (C=O) groups excluding carboxylic acids is 1. The van der Waals surface area contributed by atoms with Crippen LogP contribution < -0.4 is 10.2 Å². The van der Waals surface area contributed by atoms with Gasteiger partial charge in [-0.1, -0.05) is 294 Å². The molecule has 0 aromatic heterocycles. The van der Waals surface area contributed by atoms with E-state index in [9.17, 15) is 19.4 Å². The van der Waals surface area contributed by atoms with Crippen LogP contribution in [0.2, 0.25) is 0 Å². The summed E-state index contributed by atoms with van der Waals surface area (Å²) >= 11 is 0. The summed E-state index contributed by atoms with van der Waals surface area (Å²) in [6.45, 7) is 4.50. The van der Waals surface area contributed by atoms with E-state index in [-0.39, 0.29) is 12.5 Å². The van der Waals surface area contributed by atoms with E-state index in [1.54, 1.807) is 6.08 Å². The number of hydrogen-bond donors (Lipinski definition) is 2. The van der Waals surface area contributed by atoms with Crippen LogP contribution in [-0.4, -0.2) is 68.5 Å². The molecule has 0 saturated heterocycles. The van der Waals surface area contributed by atoms with Crippen molar-refractivity contribution >= 4 is 13.7 Å². The highest BCUT2D eigenvalue weighted by Crippen LogP contribution is 2.38. The van der Waals surface area contributed by atoms with Crippen LogP contribution in [0.4, 0.5) is 0 Å². The van der Waals surface area contributed by atoms with E-state index in [0.29, 0.717) is 17.4 Å². The second-order valence-corrected chi connectivity index (χ2v) is 25.2. The minimum absolute atomic E-state index is 0.0171. The Morgan fingerprint density at radius 1 is 0.424 bits per heavy atom. The Hall–Kier alpha value is -3.88. The number of nitrogens with zero attached hydrogens (tertiary/aromatic N) is 1. The van der Waals surface area contributed by atoms with Gasteiger partial charge in [0.05, 0.1) is 39.9 Å². The summed E-state index contributed by atoms with van der Waals surface area (Å²) in [5, 5.41) is 13.9. The monoisotopic (exact) mass is 1200 g/mol. The van der Waals surface area contributed by atoms with Crippen LogP contribution in [0.5, 0.6) is 0 Å². The molecule has 0 radical (unpaired) electrons. The Morgan fingerprint density at radius 3 is 1.09 bits per heavy atom. The highest BCUT2D eigenvalue weighted by molar-refractivity contribution is 7.45. The number of aliphatic hydroxyl groups excluding tert-OH is 1. The lowest BCUT2D eigenvalue weighted by atomic mass is 10.0. The van der Waals surface area contributed by atoms with Crippen molar-refractivity contribution in [3.63, 3.8) is 0 Å². The Kier molecular flexibility index (Phi) is 61.6. The molecule has 0 bridgehead atoms. The quantitative estimate of drug-likeness (QED) is 0.0272. The first-order valence-corrected chi connectivity index (χ1v) is 35.8. The lowest BCUT2D eigenvalue weighted by Gasteiger charge is -2.29. The molecule has 1 amide bonds.